The number of carbonyl (C=O) groups excluding carboxylic acids is 1. The molecule has 2 rings (SSSR count). The average molecular weight is 313 g/mol. The molecule has 1 aliphatic heterocycles. The number of hydrogen-bond acceptors (Lipinski definition) is 3. The third-order valence-electron chi connectivity index (χ3n) is 4.24. The molecule has 118 valence electrons. The summed E-state index contributed by atoms with van der Waals surface area (Å²) >= 11 is 0. The maximum Gasteiger partial charge on any atom is 0.230 e. The molecule has 21 heavy (non-hydrogen) atoms. The van der Waals surface area contributed by atoms with Gasteiger partial charge in [-0.05, 0) is 50.4 Å². The maximum absolute atomic E-state index is 12.7. The molecular weight excluding hydrogens is 288 g/mol. The summed E-state index contributed by atoms with van der Waals surface area (Å²) in [5.74, 6) is 1.26. The highest BCUT2D eigenvalue weighted by Crippen LogP contribution is 2.28. The summed E-state index contributed by atoms with van der Waals surface area (Å²) in [4.78, 5) is 14.6. The van der Waals surface area contributed by atoms with Gasteiger partial charge in [-0.2, -0.15) is 0 Å². The molecule has 0 spiro atoms. The van der Waals surface area contributed by atoms with Crippen LogP contribution in [0, 0.1) is 5.92 Å². The lowest BCUT2D eigenvalue weighted by molar-refractivity contribution is -0.133. The molecule has 1 aliphatic rings. The molecule has 1 aromatic carbocycles. The number of likely N-dealkylation sites (tertiary alicyclic amines) is 1. The molecule has 1 fully saturated rings. The van der Waals surface area contributed by atoms with E-state index in [0.29, 0.717) is 12.5 Å². The zero-order valence-corrected chi connectivity index (χ0v) is 13.7. The number of halogens is 1. The first-order valence-corrected chi connectivity index (χ1v) is 7.21. The van der Waals surface area contributed by atoms with Crippen molar-refractivity contribution in [2.75, 3.05) is 20.2 Å². The molecule has 0 aliphatic carbocycles. The minimum absolute atomic E-state index is 0. The third kappa shape index (κ3) is 3.89. The van der Waals surface area contributed by atoms with Crippen LogP contribution in [0.1, 0.15) is 31.7 Å². The second kappa shape index (κ2) is 7.66. The fraction of sp³-hybridized carbons (Fsp3) is 0.562. The molecule has 1 aromatic rings. The van der Waals surface area contributed by atoms with Gasteiger partial charge >= 0.3 is 0 Å². The fourth-order valence-electron chi connectivity index (χ4n) is 2.92. The third-order valence-corrected chi connectivity index (χ3v) is 4.24. The number of amides is 1. The number of methoxy groups -OCH3 is 1. The quantitative estimate of drug-likeness (QED) is 0.929. The van der Waals surface area contributed by atoms with Crippen molar-refractivity contribution in [3.8, 4) is 5.75 Å². The molecule has 1 amide bonds. The van der Waals surface area contributed by atoms with Crippen LogP contribution in [0.5, 0.6) is 5.75 Å². The molecule has 5 heteroatoms. The summed E-state index contributed by atoms with van der Waals surface area (Å²) in [6.45, 7) is 5.50. The van der Waals surface area contributed by atoms with Crippen LogP contribution >= 0.6 is 12.4 Å². The molecular formula is C16H25ClN2O2. The first kappa shape index (κ1) is 17.8. The van der Waals surface area contributed by atoms with Gasteiger partial charge in [0.05, 0.1) is 13.0 Å². The Bertz CT molecular complexity index is 481. The SMILES string of the molecule is COc1cccc(C(C)C(=O)N2CC(CN)CC2C)c1.Cl. The summed E-state index contributed by atoms with van der Waals surface area (Å²) < 4.78 is 5.22. The zero-order valence-electron chi connectivity index (χ0n) is 12.9. The van der Waals surface area contributed by atoms with Gasteiger partial charge in [-0.25, -0.2) is 0 Å². The lowest BCUT2D eigenvalue weighted by atomic mass is 9.99. The van der Waals surface area contributed by atoms with Crippen molar-refractivity contribution in [1.29, 1.82) is 0 Å². The summed E-state index contributed by atoms with van der Waals surface area (Å²) in [6.07, 6.45) is 1.01. The van der Waals surface area contributed by atoms with Gasteiger partial charge in [0.2, 0.25) is 5.91 Å². The predicted molar refractivity (Wildman–Crippen MR) is 87.0 cm³/mol. The van der Waals surface area contributed by atoms with Crippen LogP contribution in [0.25, 0.3) is 0 Å². The minimum atomic E-state index is -0.149. The van der Waals surface area contributed by atoms with Gasteiger partial charge in [0.25, 0.3) is 0 Å². The molecule has 4 nitrogen and oxygen atoms in total. The molecule has 1 saturated heterocycles. The van der Waals surface area contributed by atoms with E-state index in [-0.39, 0.29) is 30.3 Å². The molecule has 2 N–H and O–H groups in total. The standard InChI is InChI=1S/C16H24N2O2.ClH/c1-11-7-13(9-17)10-18(11)16(19)12(2)14-5-4-6-15(8-14)20-3;/h4-6,8,11-13H,7,9-10,17H2,1-3H3;1H. The van der Waals surface area contributed by atoms with E-state index in [4.69, 9.17) is 10.5 Å². The van der Waals surface area contributed by atoms with Crippen molar-refractivity contribution in [3.05, 3.63) is 29.8 Å². The number of nitrogens with two attached hydrogens (primary N) is 1. The average Bonchev–Trinajstić information content (AvgIpc) is 2.87. The van der Waals surface area contributed by atoms with E-state index in [1.807, 2.05) is 36.1 Å². The normalized spacial score (nSPS) is 22.6. The van der Waals surface area contributed by atoms with E-state index >= 15 is 0 Å². The van der Waals surface area contributed by atoms with Crippen LogP contribution in [0.2, 0.25) is 0 Å². The Balaban J connectivity index is 0.00000220. The van der Waals surface area contributed by atoms with Crippen LogP contribution in [0.4, 0.5) is 0 Å². The highest BCUT2D eigenvalue weighted by Gasteiger charge is 2.34. The summed E-state index contributed by atoms with van der Waals surface area (Å²) in [6, 6.07) is 8.01. The maximum atomic E-state index is 12.7. The Labute approximate surface area is 133 Å². The molecule has 1 heterocycles. The summed E-state index contributed by atoms with van der Waals surface area (Å²) in [7, 11) is 1.64. The first-order valence-electron chi connectivity index (χ1n) is 7.21. The second-order valence-electron chi connectivity index (χ2n) is 5.68. The predicted octanol–water partition coefficient (Wildman–Crippen LogP) is 2.42. The molecule has 0 radical (unpaired) electrons. The largest absolute Gasteiger partial charge is 0.497 e. The second-order valence-corrected chi connectivity index (χ2v) is 5.68. The Kier molecular flexibility index (Phi) is 6.49. The topological polar surface area (TPSA) is 55.6 Å². The summed E-state index contributed by atoms with van der Waals surface area (Å²) in [5, 5.41) is 0. The van der Waals surface area contributed by atoms with Crippen LogP contribution in [0.15, 0.2) is 24.3 Å². The van der Waals surface area contributed by atoms with Crippen LogP contribution < -0.4 is 10.5 Å². The van der Waals surface area contributed by atoms with Crippen molar-refractivity contribution in [2.24, 2.45) is 11.7 Å². The first-order chi connectivity index (χ1) is 9.56. The zero-order chi connectivity index (χ0) is 14.7. The van der Waals surface area contributed by atoms with E-state index in [0.717, 1.165) is 24.3 Å². The number of nitrogens with zero attached hydrogens (tertiary/aromatic N) is 1. The van der Waals surface area contributed by atoms with Gasteiger partial charge in [0, 0.05) is 12.6 Å². The number of benzene rings is 1. The molecule has 0 aromatic heterocycles. The van der Waals surface area contributed by atoms with Crippen molar-refractivity contribution in [1.82, 2.24) is 4.90 Å². The van der Waals surface area contributed by atoms with Gasteiger partial charge in [0.1, 0.15) is 5.75 Å². The van der Waals surface area contributed by atoms with Gasteiger partial charge in [-0.1, -0.05) is 12.1 Å². The molecule has 3 unspecified atom stereocenters. The van der Waals surface area contributed by atoms with Gasteiger partial charge in [0.15, 0.2) is 0 Å². The van der Waals surface area contributed by atoms with E-state index in [1.54, 1.807) is 7.11 Å². The van der Waals surface area contributed by atoms with E-state index in [1.165, 1.54) is 0 Å². The van der Waals surface area contributed by atoms with Gasteiger partial charge in [-0.3, -0.25) is 4.79 Å². The molecule has 0 bridgehead atoms. The highest BCUT2D eigenvalue weighted by molar-refractivity contribution is 5.85. The van der Waals surface area contributed by atoms with Crippen molar-refractivity contribution in [2.45, 2.75) is 32.2 Å². The van der Waals surface area contributed by atoms with E-state index < -0.39 is 0 Å². The minimum Gasteiger partial charge on any atom is -0.497 e. The highest BCUT2D eigenvalue weighted by atomic mass is 35.5. The number of rotatable bonds is 4. The van der Waals surface area contributed by atoms with Gasteiger partial charge in [-0.15, -0.1) is 12.4 Å². The summed E-state index contributed by atoms with van der Waals surface area (Å²) in [5.41, 5.74) is 6.73. The Hall–Kier alpha value is -1.26. The number of hydrogen-bond donors (Lipinski definition) is 1. The lowest BCUT2D eigenvalue weighted by Crippen LogP contribution is -2.37. The smallest absolute Gasteiger partial charge is 0.230 e. The lowest BCUT2D eigenvalue weighted by Gasteiger charge is -2.25. The van der Waals surface area contributed by atoms with Crippen LogP contribution in [-0.2, 0) is 4.79 Å². The Morgan fingerprint density at radius 3 is 2.81 bits per heavy atom. The van der Waals surface area contributed by atoms with Crippen molar-refractivity contribution < 1.29 is 9.53 Å². The van der Waals surface area contributed by atoms with Crippen molar-refractivity contribution in [3.63, 3.8) is 0 Å². The number of ether oxygens (including phenoxy) is 1. The van der Waals surface area contributed by atoms with E-state index in [9.17, 15) is 4.79 Å². The van der Waals surface area contributed by atoms with Crippen LogP contribution in [-0.4, -0.2) is 37.0 Å². The monoisotopic (exact) mass is 312 g/mol. The van der Waals surface area contributed by atoms with Crippen LogP contribution in [0.3, 0.4) is 0 Å². The Morgan fingerprint density at radius 1 is 1.52 bits per heavy atom. The Morgan fingerprint density at radius 2 is 2.24 bits per heavy atom. The van der Waals surface area contributed by atoms with E-state index in [2.05, 4.69) is 6.92 Å². The fourth-order valence-corrected chi connectivity index (χ4v) is 2.92. The van der Waals surface area contributed by atoms with Crippen molar-refractivity contribution >= 4 is 18.3 Å². The molecule has 3 atom stereocenters. The van der Waals surface area contributed by atoms with Gasteiger partial charge < -0.3 is 15.4 Å². The molecule has 0 saturated carbocycles. The number of carbonyl (C=O) groups is 1.